The Labute approximate surface area is 140 Å². The average molecular weight is 322 g/mol. The molecule has 0 aliphatic rings. The summed E-state index contributed by atoms with van der Waals surface area (Å²) in [7, 11) is 1.62. The Bertz CT molecular complexity index is 829. The first-order chi connectivity index (χ1) is 11.7. The Morgan fingerprint density at radius 3 is 2.67 bits per heavy atom. The molecular formula is C18H18N4O2. The largest absolute Gasteiger partial charge is 0.493 e. The van der Waals surface area contributed by atoms with Crippen molar-refractivity contribution in [2.45, 2.75) is 13.5 Å². The molecule has 0 N–H and O–H groups in total. The van der Waals surface area contributed by atoms with E-state index >= 15 is 0 Å². The topological polar surface area (TPSA) is 61.5 Å². The summed E-state index contributed by atoms with van der Waals surface area (Å²) in [6.07, 6.45) is 4.75. The molecule has 1 heterocycles. The predicted molar refractivity (Wildman–Crippen MR) is 91.5 cm³/mol. The van der Waals surface area contributed by atoms with Crippen LogP contribution in [0.5, 0.6) is 11.5 Å². The summed E-state index contributed by atoms with van der Waals surface area (Å²) >= 11 is 0. The fraction of sp³-hybridized carbons (Fsp3) is 0.167. The number of aromatic nitrogens is 3. The maximum Gasteiger partial charge on any atom is 0.161 e. The maximum atomic E-state index is 5.88. The van der Waals surface area contributed by atoms with E-state index in [0.29, 0.717) is 18.1 Å². The van der Waals surface area contributed by atoms with Gasteiger partial charge in [0.1, 0.15) is 19.3 Å². The summed E-state index contributed by atoms with van der Waals surface area (Å²) in [6, 6.07) is 13.9. The van der Waals surface area contributed by atoms with Gasteiger partial charge < -0.3 is 9.47 Å². The van der Waals surface area contributed by atoms with E-state index in [4.69, 9.17) is 9.47 Å². The second-order valence-corrected chi connectivity index (χ2v) is 5.27. The molecule has 0 aliphatic heterocycles. The third-order valence-electron chi connectivity index (χ3n) is 3.41. The molecule has 0 radical (unpaired) electrons. The van der Waals surface area contributed by atoms with E-state index in [1.54, 1.807) is 13.3 Å². The van der Waals surface area contributed by atoms with E-state index in [0.717, 1.165) is 11.1 Å². The van der Waals surface area contributed by atoms with E-state index in [2.05, 4.69) is 34.4 Å². The van der Waals surface area contributed by atoms with Crippen LogP contribution in [0.4, 0.5) is 0 Å². The second-order valence-electron chi connectivity index (χ2n) is 5.27. The lowest BCUT2D eigenvalue weighted by molar-refractivity contribution is 0.284. The number of hydrogen-bond donors (Lipinski definition) is 0. The van der Waals surface area contributed by atoms with Crippen molar-refractivity contribution in [1.29, 1.82) is 0 Å². The molecule has 1 aromatic heterocycles. The zero-order chi connectivity index (χ0) is 16.8. The van der Waals surface area contributed by atoms with Crippen molar-refractivity contribution in [1.82, 2.24) is 14.9 Å². The van der Waals surface area contributed by atoms with Crippen LogP contribution >= 0.6 is 0 Å². The normalized spacial score (nSPS) is 10.9. The van der Waals surface area contributed by atoms with E-state index in [-0.39, 0.29) is 0 Å². The van der Waals surface area contributed by atoms with E-state index < -0.39 is 0 Å². The van der Waals surface area contributed by atoms with Crippen molar-refractivity contribution in [3.63, 3.8) is 0 Å². The zero-order valence-electron chi connectivity index (χ0n) is 13.6. The zero-order valence-corrected chi connectivity index (χ0v) is 13.6. The molecule has 0 aliphatic carbocycles. The first kappa shape index (κ1) is 15.7. The number of benzene rings is 2. The van der Waals surface area contributed by atoms with Gasteiger partial charge >= 0.3 is 0 Å². The number of ether oxygens (including phenoxy) is 2. The van der Waals surface area contributed by atoms with Gasteiger partial charge in [0.15, 0.2) is 11.5 Å². The third-order valence-corrected chi connectivity index (χ3v) is 3.41. The fourth-order valence-electron chi connectivity index (χ4n) is 2.23. The number of hydrogen-bond acceptors (Lipinski definition) is 5. The van der Waals surface area contributed by atoms with Gasteiger partial charge in [-0.25, -0.2) is 4.68 Å². The number of aryl methyl sites for hydroxylation is 1. The highest BCUT2D eigenvalue weighted by molar-refractivity contribution is 5.80. The highest BCUT2D eigenvalue weighted by Gasteiger charge is 2.06. The minimum atomic E-state index is 0.492. The van der Waals surface area contributed by atoms with Gasteiger partial charge in [-0.05, 0) is 36.2 Å². The first-order valence-electron chi connectivity index (χ1n) is 7.50. The molecule has 3 aromatic rings. The van der Waals surface area contributed by atoms with Crippen LogP contribution < -0.4 is 9.47 Å². The molecule has 0 fully saturated rings. The van der Waals surface area contributed by atoms with Crippen molar-refractivity contribution in [2.24, 2.45) is 5.10 Å². The van der Waals surface area contributed by atoms with Gasteiger partial charge in [0.05, 0.1) is 13.3 Å². The summed E-state index contributed by atoms with van der Waals surface area (Å²) in [4.78, 5) is 0. The van der Waals surface area contributed by atoms with E-state index in [9.17, 15) is 0 Å². The smallest absolute Gasteiger partial charge is 0.161 e. The predicted octanol–water partition coefficient (Wildman–Crippen LogP) is 3.06. The lowest BCUT2D eigenvalue weighted by atomic mass is 10.1. The van der Waals surface area contributed by atoms with Crippen LogP contribution in [-0.4, -0.2) is 28.2 Å². The minimum Gasteiger partial charge on any atom is -0.493 e. The number of rotatable bonds is 6. The molecule has 0 saturated carbocycles. The van der Waals surface area contributed by atoms with Crippen LogP contribution in [0, 0.1) is 6.92 Å². The highest BCUT2D eigenvalue weighted by atomic mass is 16.5. The molecule has 3 rings (SSSR count). The summed E-state index contributed by atoms with van der Waals surface area (Å²) in [5, 5.41) is 11.6. The Morgan fingerprint density at radius 1 is 1.08 bits per heavy atom. The summed E-state index contributed by atoms with van der Waals surface area (Å²) in [5.74, 6) is 1.36. The average Bonchev–Trinajstić information content (AvgIpc) is 3.12. The molecule has 0 atom stereocenters. The Morgan fingerprint density at radius 2 is 1.92 bits per heavy atom. The molecule has 0 unspecified atom stereocenters. The SMILES string of the molecule is COc1cc(/C=N/n2cnnc2)ccc1OCc1cccc(C)c1. The standard InChI is InChI=1S/C18H18N4O2/c1-14-4-3-5-16(8-14)11-24-17-7-6-15(9-18(17)23-2)10-21-22-12-19-20-13-22/h3-10,12-13H,11H2,1-2H3/b21-10+. The van der Waals surface area contributed by atoms with Crippen molar-refractivity contribution in [3.05, 3.63) is 71.8 Å². The van der Waals surface area contributed by atoms with E-state index in [1.807, 2.05) is 30.3 Å². The lowest BCUT2D eigenvalue weighted by Crippen LogP contribution is -1.99. The summed E-state index contributed by atoms with van der Waals surface area (Å²) < 4.78 is 12.8. The number of methoxy groups -OCH3 is 1. The van der Waals surface area contributed by atoms with Gasteiger partial charge in [-0.15, -0.1) is 10.2 Å². The molecule has 6 nitrogen and oxygen atoms in total. The van der Waals surface area contributed by atoms with Crippen LogP contribution in [0.25, 0.3) is 0 Å². The monoisotopic (exact) mass is 322 g/mol. The molecule has 122 valence electrons. The van der Waals surface area contributed by atoms with Gasteiger partial charge in [-0.1, -0.05) is 29.8 Å². The fourth-order valence-corrected chi connectivity index (χ4v) is 2.23. The van der Waals surface area contributed by atoms with Crippen molar-refractivity contribution < 1.29 is 9.47 Å². The van der Waals surface area contributed by atoms with Crippen LogP contribution in [0.15, 0.2) is 60.2 Å². The van der Waals surface area contributed by atoms with Gasteiger partial charge in [-0.2, -0.15) is 5.10 Å². The number of nitrogens with zero attached hydrogens (tertiary/aromatic N) is 4. The van der Waals surface area contributed by atoms with Gasteiger partial charge in [0, 0.05) is 0 Å². The molecule has 0 amide bonds. The van der Waals surface area contributed by atoms with Crippen LogP contribution in [0.2, 0.25) is 0 Å². The quantitative estimate of drug-likeness (QED) is 0.654. The van der Waals surface area contributed by atoms with Crippen LogP contribution in [-0.2, 0) is 6.61 Å². The Kier molecular flexibility index (Phi) is 4.86. The van der Waals surface area contributed by atoms with Crippen molar-refractivity contribution in [3.8, 4) is 11.5 Å². The maximum absolute atomic E-state index is 5.88. The van der Waals surface area contributed by atoms with Gasteiger partial charge in [-0.3, -0.25) is 0 Å². The van der Waals surface area contributed by atoms with Crippen LogP contribution in [0.1, 0.15) is 16.7 Å². The first-order valence-corrected chi connectivity index (χ1v) is 7.50. The summed E-state index contributed by atoms with van der Waals surface area (Å²) in [5.41, 5.74) is 3.22. The van der Waals surface area contributed by atoms with Crippen molar-refractivity contribution >= 4 is 6.21 Å². The third kappa shape index (κ3) is 3.98. The Hall–Kier alpha value is -3.15. The molecule has 24 heavy (non-hydrogen) atoms. The highest BCUT2D eigenvalue weighted by Crippen LogP contribution is 2.28. The van der Waals surface area contributed by atoms with Gasteiger partial charge in [0.2, 0.25) is 0 Å². The molecule has 2 aromatic carbocycles. The lowest BCUT2D eigenvalue weighted by Gasteiger charge is -2.11. The Balaban J connectivity index is 1.72. The molecule has 6 heteroatoms. The molecule has 0 bridgehead atoms. The second kappa shape index (κ2) is 7.41. The molecular weight excluding hydrogens is 304 g/mol. The molecule has 0 saturated heterocycles. The summed E-state index contributed by atoms with van der Waals surface area (Å²) in [6.45, 7) is 2.56. The van der Waals surface area contributed by atoms with E-state index in [1.165, 1.54) is 22.9 Å². The van der Waals surface area contributed by atoms with Crippen LogP contribution in [0.3, 0.4) is 0 Å². The molecule has 0 spiro atoms. The minimum absolute atomic E-state index is 0.492. The van der Waals surface area contributed by atoms with Crippen molar-refractivity contribution in [2.75, 3.05) is 7.11 Å². The van der Waals surface area contributed by atoms with Gasteiger partial charge in [0.25, 0.3) is 0 Å².